The summed E-state index contributed by atoms with van der Waals surface area (Å²) in [4.78, 5) is 0. The van der Waals surface area contributed by atoms with E-state index in [1.165, 1.54) is 11.1 Å². The molecule has 3 nitrogen and oxygen atoms in total. The van der Waals surface area contributed by atoms with E-state index in [0.717, 1.165) is 6.42 Å². The highest BCUT2D eigenvalue weighted by molar-refractivity contribution is 5.15. The van der Waals surface area contributed by atoms with E-state index in [9.17, 15) is 0 Å². The maximum absolute atomic E-state index is 6.09. The molecule has 22 heavy (non-hydrogen) atoms. The highest BCUT2D eigenvalue weighted by Crippen LogP contribution is 2.42. The predicted molar refractivity (Wildman–Crippen MR) is 83.3 cm³/mol. The van der Waals surface area contributed by atoms with Gasteiger partial charge >= 0.3 is 0 Å². The molecule has 0 radical (unpaired) electrons. The Morgan fingerprint density at radius 3 is 2.05 bits per heavy atom. The van der Waals surface area contributed by atoms with Crippen LogP contribution in [0.4, 0.5) is 0 Å². The Labute approximate surface area is 130 Å². The Balaban J connectivity index is 1.34. The first-order valence-electron chi connectivity index (χ1n) is 7.87. The molecular formula is C19H20O3. The number of rotatable bonds is 6. The Bertz CT molecular complexity index is 599. The zero-order chi connectivity index (χ0) is 14.8. The first-order chi connectivity index (χ1) is 10.9. The van der Waals surface area contributed by atoms with Crippen molar-refractivity contribution in [2.24, 2.45) is 0 Å². The minimum atomic E-state index is 0.0499. The first-order valence-corrected chi connectivity index (χ1v) is 7.87. The number of benzene rings is 2. The second-order valence-electron chi connectivity index (χ2n) is 5.97. The summed E-state index contributed by atoms with van der Waals surface area (Å²) < 4.78 is 17.8. The Hall–Kier alpha value is -1.68. The predicted octanol–water partition coefficient (Wildman–Crippen LogP) is 3.33. The van der Waals surface area contributed by atoms with E-state index in [2.05, 4.69) is 24.3 Å². The van der Waals surface area contributed by atoms with E-state index in [1.54, 1.807) is 0 Å². The van der Waals surface area contributed by atoms with Gasteiger partial charge in [0.25, 0.3) is 0 Å². The topological polar surface area (TPSA) is 31.0 Å². The summed E-state index contributed by atoms with van der Waals surface area (Å²) in [7, 11) is 0. The summed E-state index contributed by atoms with van der Waals surface area (Å²) in [6, 6.07) is 20.5. The Morgan fingerprint density at radius 2 is 1.41 bits per heavy atom. The van der Waals surface area contributed by atoms with Crippen LogP contribution in [0.3, 0.4) is 0 Å². The molecule has 1 aliphatic carbocycles. The molecule has 1 aliphatic heterocycles. The first kappa shape index (κ1) is 13.9. The molecule has 4 atom stereocenters. The molecule has 2 fully saturated rings. The Kier molecular flexibility index (Phi) is 3.94. The molecule has 114 valence electrons. The third-order valence-electron chi connectivity index (χ3n) is 4.37. The van der Waals surface area contributed by atoms with E-state index in [1.807, 2.05) is 36.4 Å². The molecule has 0 aromatic heterocycles. The fourth-order valence-electron chi connectivity index (χ4n) is 3.12. The van der Waals surface area contributed by atoms with Gasteiger partial charge in [0, 0.05) is 6.42 Å². The number of hydrogen-bond donors (Lipinski definition) is 0. The smallest absolute Gasteiger partial charge is 0.113 e. The minimum Gasteiger partial charge on any atom is -0.371 e. The van der Waals surface area contributed by atoms with Crippen LogP contribution in [-0.4, -0.2) is 24.4 Å². The van der Waals surface area contributed by atoms with Gasteiger partial charge in [0.15, 0.2) is 0 Å². The number of ether oxygens (including phenoxy) is 3. The molecule has 1 saturated carbocycles. The molecule has 3 heteroatoms. The van der Waals surface area contributed by atoms with E-state index >= 15 is 0 Å². The third kappa shape index (κ3) is 3.07. The van der Waals surface area contributed by atoms with Gasteiger partial charge in [-0.15, -0.1) is 0 Å². The van der Waals surface area contributed by atoms with Gasteiger partial charge in [-0.25, -0.2) is 0 Å². The second kappa shape index (κ2) is 6.21. The number of hydrogen-bond acceptors (Lipinski definition) is 3. The van der Waals surface area contributed by atoms with Gasteiger partial charge in [0.2, 0.25) is 0 Å². The van der Waals surface area contributed by atoms with Gasteiger partial charge in [-0.05, 0) is 11.1 Å². The summed E-state index contributed by atoms with van der Waals surface area (Å²) in [6.07, 6.45) is 1.68. The van der Waals surface area contributed by atoms with E-state index in [4.69, 9.17) is 14.2 Å². The van der Waals surface area contributed by atoms with Gasteiger partial charge in [-0.2, -0.15) is 0 Å². The van der Waals surface area contributed by atoms with Crippen molar-refractivity contribution in [1.29, 1.82) is 0 Å². The van der Waals surface area contributed by atoms with Crippen molar-refractivity contribution in [3.63, 3.8) is 0 Å². The molecule has 0 spiro atoms. The third-order valence-corrected chi connectivity index (χ3v) is 4.37. The van der Waals surface area contributed by atoms with E-state index < -0.39 is 0 Å². The second-order valence-corrected chi connectivity index (χ2v) is 5.97. The van der Waals surface area contributed by atoms with Crippen molar-refractivity contribution >= 4 is 0 Å². The molecule has 0 bridgehead atoms. The van der Waals surface area contributed by atoms with Crippen LogP contribution in [0.25, 0.3) is 0 Å². The van der Waals surface area contributed by atoms with Gasteiger partial charge < -0.3 is 14.2 Å². The summed E-state index contributed by atoms with van der Waals surface area (Å²) in [5, 5.41) is 0. The number of fused-ring (bicyclic) bond motifs is 1. The lowest BCUT2D eigenvalue weighted by molar-refractivity contribution is -0.0945. The van der Waals surface area contributed by atoms with Crippen LogP contribution in [-0.2, 0) is 27.4 Å². The van der Waals surface area contributed by atoms with Crippen molar-refractivity contribution < 1.29 is 14.2 Å². The highest BCUT2D eigenvalue weighted by atomic mass is 16.6. The lowest BCUT2D eigenvalue weighted by Crippen LogP contribution is -2.31. The summed E-state index contributed by atoms with van der Waals surface area (Å²) >= 11 is 0. The lowest BCUT2D eigenvalue weighted by Gasteiger charge is -2.23. The molecular weight excluding hydrogens is 276 g/mol. The van der Waals surface area contributed by atoms with Crippen molar-refractivity contribution in [2.75, 3.05) is 0 Å². The van der Waals surface area contributed by atoms with Crippen LogP contribution in [0.1, 0.15) is 17.5 Å². The fourth-order valence-corrected chi connectivity index (χ4v) is 3.12. The molecule has 0 unspecified atom stereocenters. The standard InChI is InChI=1S/C19H20O3/c1-3-7-14(8-4-1)12-20-16-11-17-19(22-17)18(16)21-13-15-9-5-2-6-10-15/h1-10,16-19H,11-13H2/t16-,17+,18-,19+/m1/s1. The quantitative estimate of drug-likeness (QED) is 0.766. The average Bonchev–Trinajstić information content (AvgIpc) is 3.26. The maximum atomic E-state index is 6.09. The molecule has 0 amide bonds. The van der Waals surface area contributed by atoms with Crippen LogP contribution >= 0.6 is 0 Å². The normalized spacial score (nSPS) is 29.3. The average molecular weight is 296 g/mol. The maximum Gasteiger partial charge on any atom is 0.113 e. The van der Waals surface area contributed by atoms with Crippen molar-refractivity contribution in [1.82, 2.24) is 0 Å². The summed E-state index contributed by atoms with van der Waals surface area (Å²) in [5.74, 6) is 0. The molecule has 2 aromatic rings. The van der Waals surface area contributed by atoms with Gasteiger partial charge in [-0.1, -0.05) is 60.7 Å². The van der Waals surface area contributed by atoms with Crippen molar-refractivity contribution in [2.45, 2.75) is 44.1 Å². The van der Waals surface area contributed by atoms with E-state index in [0.29, 0.717) is 19.3 Å². The van der Waals surface area contributed by atoms with Crippen LogP contribution in [0, 0.1) is 0 Å². The van der Waals surface area contributed by atoms with Crippen molar-refractivity contribution in [3.05, 3.63) is 71.8 Å². The monoisotopic (exact) mass is 296 g/mol. The van der Waals surface area contributed by atoms with Gasteiger partial charge in [0.1, 0.15) is 12.2 Å². The minimum absolute atomic E-state index is 0.0499. The molecule has 2 aromatic carbocycles. The van der Waals surface area contributed by atoms with Crippen LogP contribution in [0.2, 0.25) is 0 Å². The van der Waals surface area contributed by atoms with Gasteiger partial charge in [0.05, 0.1) is 25.4 Å². The van der Waals surface area contributed by atoms with E-state index in [-0.39, 0.29) is 18.3 Å². The molecule has 2 aliphatic rings. The van der Waals surface area contributed by atoms with Crippen LogP contribution < -0.4 is 0 Å². The lowest BCUT2D eigenvalue weighted by atomic mass is 10.2. The fraction of sp³-hybridized carbons (Fsp3) is 0.368. The van der Waals surface area contributed by atoms with Crippen molar-refractivity contribution in [3.8, 4) is 0 Å². The molecule has 4 rings (SSSR count). The largest absolute Gasteiger partial charge is 0.371 e. The van der Waals surface area contributed by atoms with Crippen LogP contribution in [0.15, 0.2) is 60.7 Å². The number of epoxide rings is 1. The summed E-state index contributed by atoms with van der Waals surface area (Å²) in [6.45, 7) is 1.25. The molecule has 1 heterocycles. The zero-order valence-electron chi connectivity index (χ0n) is 12.4. The summed E-state index contributed by atoms with van der Waals surface area (Å²) in [5.41, 5.74) is 2.39. The highest BCUT2D eigenvalue weighted by Gasteiger charge is 2.57. The molecule has 0 N–H and O–H groups in total. The molecule has 1 saturated heterocycles. The SMILES string of the molecule is c1ccc(CO[C@H]2[C@H]3O[C@H]3C[C@H]2OCc2ccccc2)cc1. The Morgan fingerprint density at radius 1 is 0.818 bits per heavy atom. The van der Waals surface area contributed by atoms with Gasteiger partial charge in [-0.3, -0.25) is 0 Å². The van der Waals surface area contributed by atoms with Crippen LogP contribution in [0.5, 0.6) is 0 Å². The zero-order valence-corrected chi connectivity index (χ0v) is 12.4.